The summed E-state index contributed by atoms with van der Waals surface area (Å²) in [4.78, 5) is 17.0. The first-order chi connectivity index (χ1) is 9.22. The number of nitro groups is 1. The maximum Gasteiger partial charge on any atom is 0.319 e. The number of thiazole rings is 1. The van der Waals surface area contributed by atoms with Gasteiger partial charge in [0.25, 0.3) is 0 Å². The Labute approximate surface area is 113 Å². The smallest absolute Gasteiger partial charge is 0.319 e. The number of hydrogen-bond donors (Lipinski definition) is 1. The lowest BCUT2D eigenvalue weighted by atomic mass is 10.2. The molecule has 19 heavy (non-hydrogen) atoms. The average Bonchev–Trinajstić information content (AvgIpc) is 3.05. The molecule has 2 heterocycles. The van der Waals surface area contributed by atoms with Crippen LogP contribution in [0.5, 0.6) is 0 Å². The molecule has 100 valence electrons. The zero-order chi connectivity index (χ0) is 13.4. The number of aliphatic hydroxyl groups is 1. The van der Waals surface area contributed by atoms with Crippen molar-refractivity contribution >= 4 is 32.9 Å². The van der Waals surface area contributed by atoms with Gasteiger partial charge in [0, 0.05) is 6.54 Å². The molecular weight excluding hydrogens is 266 g/mol. The molecule has 2 aromatic rings. The molecule has 0 radical (unpaired) electrons. The molecule has 6 nitrogen and oxygen atoms in total. The van der Waals surface area contributed by atoms with Crippen molar-refractivity contribution in [3.8, 4) is 0 Å². The predicted molar refractivity (Wildman–Crippen MR) is 73.7 cm³/mol. The van der Waals surface area contributed by atoms with Gasteiger partial charge in [-0.1, -0.05) is 0 Å². The molecule has 1 aromatic heterocycles. The standard InChI is InChI=1S/C12H13N3O3S/c16-6-8-2-1-5-14(8)9-3-4-10-11(13-7-19-10)12(9)15(17)18/h3-4,7-8,16H,1-2,5-6H2. The SMILES string of the molecule is O=[N+]([O-])c1c(N2CCCC2CO)ccc2scnc12. The summed E-state index contributed by atoms with van der Waals surface area (Å²) in [5, 5.41) is 20.7. The molecule has 1 N–H and O–H groups in total. The Hall–Kier alpha value is -1.73. The molecule has 1 fully saturated rings. The van der Waals surface area contributed by atoms with Crippen LogP contribution >= 0.6 is 11.3 Å². The summed E-state index contributed by atoms with van der Waals surface area (Å²) in [6, 6.07) is 3.60. The molecule has 1 aliphatic rings. The van der Waals surface area contributed by atoms with Crippen molar-refractivity contribution in [3.63, 3.8) is 0 Å². The fraction of sp³-hybridized carbons (Fsp3) is 0.417. The van der Waals surface area contributed by atoms with Gasteiger partial charge in [0.2, 0.25) is 0 Å². The van der Waals surface area contributed by atoms with Gasteiger partial charge < -0.3 is 10.0 Å². The second-order valence-electron chi connectivity index (χ2n) is 4.56. The summed E-state index contributed by atoms with van der Waals surface area (Å²) in [5.41, 5.74) is 2.68. The van der Waals surface area contributed by atoms with Gasteiger partial charge in [-0.2, -0.15) is 0 Å². The van der Waals surface area contributed by atoms with Crippen molar-refractivity contribution in [2.75, 3.05) is 18.1 Å². The van der Waals surface area contributed by atoms with Crippen LogP contribution in [0.25, 0.3) is 10.2 Å². The van der Waals surface area contributed by atoms with Crippen LogP contribution in [0.2, 0.25) is 0 Å². The van der Waals surface area contributed by atoms with Crippen molar-refractivity contribution in [1.29, 1.82) is 0 Å². The third kappa shape index (κ3) is 1.95. The first-order valence-corrected chi connectivity index (χ1v) is 6.98. The summed E-state index contributed by atoms with van der Waals surface area (Å²) in [6.45, 7) is 0.758. The van der Waals surface area contributed by atoms with Gasteiger partial charge in [-0.15, -0.1) is 11.3 Å². The van der Waals surface area contributed by atoms with Gasteiger partial charge in [0.15, 0.2) is 5.52 Å². The minimum absolute atomic E-state index is 0.0201. The Bertz CT molecular complexity index is 628. The number of aromatic nitrogens is 1. The molecule has 1 atom stereocenters. The Balaban J connectivity index is 2.17. The van der Waals surface area contributed by atoms with Crippen molar-refractivity contribution in [2.24, 2.45) is 0 Å². The predicted octanol–water partition coefficient (Wildman–Crippen LogP) is 2.17. The zero-order valence-electron chi connectivity index (χ0n) is 10.2. The van der Waals surface area contributed by atoms with E-state index in [4.69, 9.17) is 0 Å². The molecule has 0 spiro atoms. The first-order valence-electron chi connectivity index (χ1n) is 6.10. The highest BCUT2D eigenvalue weighted by atomic mass is 32.1. The van der Waals surface area contributed by atoms with E-state index < -0.39 is 0 Å². The van der Waals surface area contributed by atoms with Crippen LogP contribution in [0.4, 0.5) is 11.4 Å². The van der Waals surface area contributed by atoms with E-state index in [1.165, 1.54) is 11.3 Å². The van der Waals surface area contributed by atoms with E-state index in [1.54, 1.807) is 11.6 Å². The molecule has 1 aliphatic heterocycles. The number of fused-ring (bicyclic) bond motifs is 1. The highest BCUT2D eigenvalue weighted by Crippen LogP contribution is 2.39. The fourth-order valence-electron chi connectivity index (χ4n) is 2.66. The second-order valence-corrected chi connectivity index (χ2v) is 5.45. The Morgan fingerprint density at radius 1 is 1.58 bits per heavy atom. The number of benzene rings is 1. The van der Waals surface area contributed by atoms with Crippen molar-refractivity contribution in [2.45, 2.75) is 18.9 Å². The molecule has 0 saturated carbocycles. The molecule has 0 bridgehead atoms. The van der Waals surface area contributed by atoms with E-state index >= 15 is 0 Å². The molecule has 0 aliphatic carbocycles. The Morgan fingerprint density at radius 2 is 2.42 bits per heavy atom. The summed E-state index contributed by atoms with van der Waals surface area (Å²) < 4.78 is 0.815. The van der Waals surface area contributed by atoms with Gasteiger partial charge in [-0.3, -0.25) is 10.1 Å². The molecular formula is C12H13N3O3S. The van der Waals surface area contributed by atoms with Crippen LogP contribution in [-0.2, 0) is 0 Å². The van der Waals surface area contributed by atoms with Gasteiger partial charge in [-0.25, -0.2) is 4.98 Å². The van der Waals surface area contributed by atoms with Gasteiger partial charge >= 0.3 is 5.69 Å². The Kier molecular flexibility index (Phi) is 3.08. The minimum atomic E-state index is -0.371. The number of nitro benzene ring substituents is 1. The van der Waals surface area contributed by atoms with Gasteiger partial charge in [0.05, 0.1) is 27.8 Å². The number of aliphatic hydroxyl groups excluding tert-OH is 1. The molecule has 3 rings (SSSR count). The monoisotopic (exact) mass is 279 g/mol. The quantitative estimate of drug-likeness (QED) is 0.688. The largest absolute Gasteiger partial charge is 0.394 e. The van der Waals surface area contributed by atoms with E-state index in [0.717, 1.165) is 24.1 Å². The van der Waals surface area contributed by atoms with Crippen LogP contribution in [0.15, 0.2) is 17.6 Å². The average molecular weight is 279 g/mol. The van der Waals surface area contributed by atoms with Crippen molar-refractivity contribution in [1.82, 2.24) is 4.98 Å². The number of rotatable bonds is 3. The number of nitrogens with zero attached hydrogens (tertiary/aromatic N) is 3. The lowest BCUT2D eigenvalue weighted by Crippen LogP contribution is -2.32. The molecule has 0 amide bonds. The lowest BCUT2D eigenvalue weighted by molar-refractivity contribution is -0.382. The van der Waals surface area contributed by atoms with E-state index in [1.807, 2.05) is 11.0 Å². The summed E-state index contributed by atoms with van der Waals surface area (Å²) in [6.07, 6.45) is 1.81. The van der Waals surface area contributed by atoms with Crippen LogP contribution in [0.3, 0.4) is 0 Å². The van der Waals surface area contributed by atoms with Crippen LogP contribution in [-0.4, -0.2) is 34.2 Å². The number of anilines is 1. The highest BCUT2D eigenvalue weighted by molar-refractivity contribution is 7.16. The Morgan fingerprint density at radius 3 is 3.16 bits per heavy atom. The van der Waals surface area contributed by atoms with E-state index in [0.29, 0.717) is 11.2 Å². The van der Waals surface area contributed by atoms with Crippen molar-refractivity contribution < 1.29 is 10.0 Å². The third-order valence-corrected chi connectivity index (χ3v) is 4.33. The molecule has 7 heteroatoms. The second kappa shape index (κ2) is 4.75. The maximum atomic E-state index is 11.4. The van der Waals surface area contributed by atoms with E-state index in [2.05, 4.69) is 4.98 Å². The van der Waals surface area contributed by atoms with E-state index in [9.17, 15) is 15.2 Å². The summed E-state index contributed by atoms with van der Waals surface area (Å²) >= 11 is 1.39. The van der Waals surface area contributed by atoms with Crippen molar-refractivity contribution in [3.05, 3.63) is 27.8 Å². The highest BCUT2D eigenvalue weighted by Gasteiger charge is 2.31. The van der Waals surface area contributed by atoms with E-state index in [-0.39, 0.29) is 23.3 Å². The van der Waals surface area contributed by atoms with Gasteiger partial charge in [-0.05, 0) is 25.0 Å². The maximum absolute atomic E-state index is 11.4. The lowest BCUT2D eigenvalue weighted by Gasteiger charge is -2.24. The summed E-state index contributed by atoms with van der Waals surface area (Å²) in [7, 11) is 0. The fourth-order valence-corrected chi connectivity index (χ4v) is 3.34. The molecule has 1 aromatic carbocycles. The summed E-state index contributed by atoms with van der Waals surface area (Å²) in [5.74, 6) is 0. The van der Waals surface area contributed by atoms with Crippen LogP contribution in [0.1, 0.15) is 12.8 Å². The number of hydrogen-bond acceptors (Lipinski definition) is 6. The van der Waals surface area contributed by atoms with Gasteiger partial charge in [0.1, 0.15) is 5.69 Å². The zero-order valence-corrected chi connectivity index (χ0v) is 11.0. The normalized spacial score (nSPS) is 19.2. The molecule has 1 unspecified atom stereocenters. The topological polar surface area (TPSA) is 79.5 Å². The molecule has 1 saturated heterocycles. The van der Waals surface area contributed by atoms with Crippen LogP contribution < -0.4 is 4.90 Å². The first kappa shape index (κ1) is 12.3. The minimum Gasteiger partial charge on any atom is -0.394 e. The van der Waals surface area contributed by atoms with Crippen LogP contribution in [0, 0.1) is 10.1 Å². The third-order valence-electron chi connectivity index (χ3n) is 3.53.